The molecule has 1 fully saturated rings. The molecule has 0 atom stereocenters. The van der Waals surface area contributed by atoms with Crippen LogP contribution in [-0.4, -0.2) is 34.9 Å². The van der Waals surface area contributed by atoms with Crippen LogP contribution in [0.1, 0.15) is 47.4 Å². The van der Waals surface area contributed by atoms with E-state index in [9.17, 15) is 4.79 Å². The minimum absolute atomic E-state index is 0.276. The fourth-order valence-corrected chi connectivity index (χ4v) is 2.72. The van der Waals surface area contributed by atoms with Crippen LogP contribution < -0.4 is 0 Å². The average Bonchev–Trinajstić information content (AvgIpc) is 2.57. The topological polar surface area (TPSA) is 25.2 Å². The van der Waals surface area contributed by atoms with Gasteiger partial charge in [-0.25, -0.2) is 0 Å². The van der Waals surface area contributed by atoms with Crippen molar-refractivity contribution in [1.82, 2.24) is 9.47 Å². The molecule has 1 aliphatic rings. The van der Waals surface area contributed by atoms with Gasteiger partial charge in [-0.05, 0) is 45.8 Å². The van der Waals surface area contributed by atoms with Gasteiger partial charge in [-0.2, -0.15) is 0 Å². The quantitative estimate of drug-likeness (QED) is 0.768. The number of hydrogen-bond donors (Lipinski definition) is 0. The lowest BCUT2D eigenvalue weighted by Crippen LogP contribution is -2.31. The Bertz CT molecular complexity index is 426. The van der Waals surface area contributed by atoms with Gasteiger partial charge >= 0.3 is 0 Å². The smallest absolute Gasteiger partial charge is 0.178 e. The number of aryl methyl sites for hydroxylation is 1. The van der Waals surface area contributed by atoms with Crippen molar-refractivity contribution in [2.75, 3.05) is 19.6 Å². The number of hydrogen-bond acceptors (Lipinski definition) is 2. The van der Waals surface area contributed by atoms with Gasteiger partial charge in [0.25, 0.3) is 0 Å². The molecule has 1 aromatic heterocycles. The summed E-state index contributed by atoms with van der Waals surface area (Å²) in [6.07, 6.45) is 5.10. The Morgan fingerprint density at radius 3 is 2.28 bits per heavy atom. The molecule has 1 aromatic rings. The van der Waals surface area contributed by atoms with Crippen LogP contribution in [0.4, 0.5) is 0 Å². The molecule has 3 nitrogen and oxygen atoms in total. The third-order valence-electron chi connectivity index (χ3n) is 4.14. The maximum absolute atomic E-state index is 12.4. The number of Topliss-reactive ketones (excluding diaryl/α,β-unsaturated/α-hetero) is 1. The Balaban J connectivity index is 2.04. The lowest BCUT2D eigenvalue weighted by molar-refractivity contribution is 0.0932. The van der Waals surface area contributed by atoms with Gasteiger partial charge in [0.2, 0.25) is 0 Å². The predicted molar refractivity (Wildman–Crippen MR) is 74.1 cm³/mol. The van der Waals surface area contributed by atoms with E-state index in [2.05, 4.69) is 16.4 Å². The Morgan fingerprint density at radius 1 is 1.17 bits per heavy atom. The highest BCUT2D eigenvalue weighted by Crippen LogP contribution is 2.16. The second-order valence-electron chi connectivity index (χ2n) is 5.46. The first kappa shape index (κ1) is 13.3. The first-order valence-electron chi connectivity index (χ1n) is 6.98. The van der Waals surface area contributed by atoms with Crippen LogP contribution in [0.3, 0.4) is 0 Å². The highest BCUT2D eigenvalue weighted by atomic mass is 16.1. The van der Waals surface area contributed by atoms with Crippen molar-refractivity contribution >= 4 is 5.78 Å². The molecule has 2 rings (SSSR count). The molecule has 0 spiro atoms. The normalized spacial score (nSPS) is 17.7. The molecule has 0 unspecified atom stereocenters. The van der Waals surface area contributed by atoms with Crippen molar-refractivity contribution in [2.24, 2.45) is 7.05 Å². The molecule has 3 heteroatoms. The molecule has 1 saturated heterocycles. The van der Waals surface area contributed by atoms with E-state index >= 15 is 0 Å². The first-order valence-corrected chi connectivity index (χ1v) is 6.98. The molecule has 1 aliphatic heterocycles. The molecule has 0 N–H and O–H groups in total. The Hall–Kier alpha value is -1.09. The summed E-state index contributed by atoms with van der Waals surface area (Å²) in [6, 6.07) is 2.02. The Kier molecular flexibility index (Phi) is 4.23. The molecule has 0 amide bonds. The summed E-state index contributed by atoms with van der Waals surface area (Å²) in [4.78, 5) is 14.7. The molecule has 0 saturated carbocycles. The van der Waals surface area contributed by atoms with Gasteiger partial charge in [0.1, 0.15) is 0 Å². The van der Waals surface area contributed by atoms with E-state index in [0.29, 0.717) is 6.54 Å². The Morgan fingerprint density at radius 2 is 1.78 bits per heavy atom. The highest BCUT2D eigenvalue weighted by Gasteiger charge is 2.18. The second kappa shape index (κ2) is 5.70. The van der Waals surface area contributed by atoms with Crippen molar-refractivity contribution in [3.63, 3.8) is 0 Å². The molecule has 100 valence electrons. The number of carbonyl (C=O) groups is 1. The summed E-state index contributed by atoms with van der Waals surface area (Å²) in [5, 5.41) is 0. The number of likely N-dealkylation sites (tertiary alicyclic amines) is 1. The van der Waals surface area contributed by atoms with Gasteiger partial charge in [0.05, 0.1) is 6.54 Å². The summed E-state index contributed by atoms with van der Waals surface area (Å²) < 4.78 is 2.09. The molecule has 0 radical (unpaired) electrons. The van der Waals surface area contributed by atoms with Gasteiger partial charge in [0, 0.05) is 24.0 Å². The fraction of sp³-hybridized carbons (Fsp3) is 0.667. The number of rotatable bonds is 3. The summed E-state index contributed by atoms with van der Waals surface area (Å²) in [6.45, 7) is 6.83. The second-order valence-corrected chi connectivity index (χ2v) is 5.46. The molecule has 0 aliphatic carbocycles. The zero-order chi connectivity index (χ0) is 13.1. The van der Waals surface area contributed by atoms with Crippen LogP contribution in [0.2, 0.25) is 0 Å². The minimum atomic E-state index is 0.276. The van der Waals surface area contributed by atoms with Crippen molar-refractivity contribution in [3.05, 3.63) is 23.0 Å². The van der Waals surface area contributed by atoms with E-state index in [1.165, 1.54) is 25.7 Å². The predicted octanol–water partition coefficient (Wildman–Crippen LogP) is 2.70. The zero-order valence-electron chi connectivity index (χ0n) is 11.8. The monoisotopic (exact) mass is 248 g/mol. The molecule has 0 aromatic carbocycles. The van der Waals surface area contributed by atoms with Crippen LogP contribution in [0.15, 0.2) is 6.07 Å². The van der Waals surface area contributed by atoms with Crippen LogP contribution in [0, 0.1) is 13.8 Å². The average molecular weight is 248 g/mol. The van der Waals surface area contributed by atoms with E-state index in [-0.39, 0.29) is 5.78 Å². The zero-order valence-corrected chi connectivity index (χ0v) is 11.8. The molecule has 18 heavy (non-hydrogen) atoms. The lowest BCUT2D eigenvalue weighted by atomic mass is 10.1. The largest absolute Gasteiger partial charge is 0.351 e. The number of carbonyl (C=O) groups excluding carboxylic acids is 1. The van der Waals surface area contributed by atoms with Gasteiger partial charge in [-0.1, -0.05) is 12.8 Å². The van der Waals surface area contributed by atoms with Gasteiger partial charge in [0.15, 0.2) is 5.78 Å². The third kappa shape index (κ3) is 2.83. The minimum Gasteiger partial charge on any atom is -0.351 e. The van der Waals surface area contributed by atoms with E-state index in [1.807, 2.05) is 20.0 Å². The molecule has 0 bridgehead atoms. The van der Waals surface area contributed by atoms with Crippen molar-refractivity contribution in [2.45, 2.75) is 39.5 Å². The van der Waals surface area contributed by atoms with Crippen molar-refractivity contribution in [1.29, 1.82) is 0 Å². The SMILES string of the molecule is Cc1cc(C(=O)CN2CCCCCC2)c(C)n1C. The number of aromatic nitrogens is 1. The van der Waals surface area contributed by atoms with Crippen molar-refractivity contribution in [3.8, 4) is 0 Å². The van der Waals surface area contributed by atoms with Gasteiger partial charge in [-0.3, -0.25) is 9.69 Å². The summed E-state index contributed by atoms with van der Waals surface area (Å²) in [7, 11) is 2.02. The van der Waals surface area contributed by atoms with Gasteiger partial charge < -0.3 is 4.57 Å². The lowest BCUT2D eigenvalue weighted by Gasteiger charge is -2.18. The van der Waals surface area contributed by atoms with E-state index in [4.69, 9.17) is 0 Å². The van der Waals surface area contributed by atoms with E-state index in [0.717, 1.165) is 30.0 Å². The molecular weight excluding hydrogens is 224 g/mol. The summed E-state index contributed by atoms with van der Waals surface area (Å²) >= 11 is 0. The van der Waals surface area contributed by atoms with Gasteiger partial charge in [-0.15, -0.1) is 0 Å². The van der Waals surface area contributed by atoms with E-state index in [1.54, 1.807) is 0 Å². The third-order valence-corrected chi connectivity index (χ3v) is 4.14. The van der Waals surface area contributed by atoms with Crippen molar-refractivity contribution < 1.29 is 4.79 Å². The van der Waals surface area contributed by atoms with Crippen LogP contribution >= 0.6 is 0 Å². The number of nitrogens with zero attached hydrogens (tertiary/aromatic N) is 2. The maximum Gasteiger partial charge on any atom is 0.178 e. The fourth-order valence-electron chi connectivity index (χ4n) is 2.72. The molecule has 2 heterocycles. The standard InChI is InChI=1S/C15H24N2O/c1-12-10-14(13(2)16(12)3)15(18)11-17-8-6-4-5-7-9-17/h10H,4-9,11H2,1-3H3. The summed E-state index contributed by atoms with van der Waals surface area (Å²) in [5.74, 6) is 0.276. The highest BCUT2D eigenvalue weighted by molar-refractivity contribution is 5.99. The van der Waals surface area contributed by atoms with E-state index < -0.39 is 0 Å². The first-order chi connectivity index (χ1) is 8.59. The van der Waals surface area contributed by atoms with Crippen LogP contribution in [0.5, 0.6) is 0 Å². The summed E-state index contributed by atoms with van der Waals surface area (Å²) in [5.41, 5.74) is 3.15. The van der Waals surface area contributed by atoms with Crippen LogP contribution in [0.25, 0.3) is 0 Å². The molecular formula is C15H24N2O. The van der Waals surface area contributed by atoms with Crippen LogP contribution in [-0.2, 0) is 7.05 Å². The number of ketones is 1. The Labute approximate surface area is 110 Å². The maximum atomic E-state index is 12.4.